The zero-order valence-electron chi connectivity index (χ0n) is 19.9. The second-order valence-electron chi connectivity index (χ2n) is 8.61. The molecule has 31 heavy (non-hydrogen) atoms. The molecule has 184 valence electrons. The molecule has 0 saturated carbocycles. The van der Waals surface area contributed by atoms with Gasteiger partial charge in [-0.25, -0.2) is 13.1 Å². The highest BCUT2D eigenvalue weighted by molar-refractivity contribution is 7.89. The number of rotatable bonds is 24. The molecule has 0 aliphatic heterocycles. The predicted molar refractivity (Wildman–Crippen MR) is 132 cm³/mol. The molecule has 0 aromatic heterocycles. The van der Waals surface area contributed by atoms with Crippen LogP contribution in [0.25, 0.3) is 0 Å². The maximum absolute atomic E-state index is 11.8. The first-order valence-electron chi connectivity index (χ1n) is 12.5. The molecule has 0 saturated heterocycles. The number of nitrogens with one attached hydrogen (secondary N) is 1. The van der Waals surface area contributed by atoms with E-state index in [9.17, 15) is 8.42 Å². The van der Waals surface area contributed by atoms with Crippen molar-refractivity contribution in [2.75, 3.05) is 31.4 Å². The minimum Gasteiger partial charge on any atom is -0.381 e. The minimum atomic E-state index is -3.32. The van der Waals surface area contributed by atoms with Crippen LogP contribution in [0, 0.1) is 17.2 Å². The molecule has 0 spiro atoms. The number of hydrogen-bond donors (Lipinski definition) is 1. The molecule has 0 aliphatic rings. The second kappa shape index (κ2) is 22.8. The van der Waals surface area contributed by atoms with Crippen molar-refractivity contribution in [3.05, 3.63) is 0 Å². The standard InChI is InChI=1S/C24H47ClN2O3S/c1-2-3-4-5-6-7-8-9-10-11-12-13-14-15-20-30-23-24(17-19-26)22-27-31(28,29)21-16-18-25/h24,27H,2-18,20-23H2,1H3. The second-order valence-corrected chi connectivity index (χ2v) is 10.9. The average Bonchev–Trinajstić information content (AvgIpc) is 2.75. The normalized spacial score (nSPS) is 12.7. The van der Waals surface area contributed by atoms with Crippen molar-refractivity contribution in [2.45, 2.75) is 110 Å². The Kier molecular flexibility index (Phi) is 22.6. The van der Waals surface area contributed by atoms with Crippen LogP contribution in [0.4, 0.5) is 0 Å². The van der Waals surface area contributed by atoms with Crippen molar-refractivity contribution in [2.24, 2.45) is 5.92 Å². The minimum absolute atomic E-state index is 0.0235. The first-order valence-corrected chi connectivity index (χ1v) is 14.7. The van der Waals surface area contributed by atoms with Crippen LogP contribution in [-0.4, -0.2) is 39.8 Å². The summed E-state index contributed by atoms with van der Waals surface area (Å²) in [4.78, 5) is 0. The number of nitrogens with zero attached hydrogens (tertiary/aromatic N) is 1. The number of sulfonamides is 1. The van der Waals surface area contributed by atoms with Gasteiger partial charge in [-0.3, -0.25) is 0 Å². The molecular formula is C24H47ClN2O3S. The van der Waals surface area contributed by atoms with Gasteiger partial charge in [-0.05, 0) is 12.8 Å². The molecule has 0 radical (unpaired) electrons. The van der Waals surface area contributed by atoms with Crippen molar-refractivity contribution in [3.8, 4) is 6.07 Å². The predicted octanol–water partition coefficient (Wildman–Crippen LogP) is 6.56. The van der Waals surface area contributed by atoms with Crippen LogP contribution in [0.5, 0.6) is 0 Å². The van der Waals surface area contributed by atoms with Gasteiger partial charge in [-0.1, -0.05) is 90.4 Å². The van der Waals surface area contributed by atoms with Crippen molar-refractivity contribution in [1.29, 1.82) is 5.26 Å². The van der Waals surface area contributed by atoms with E-state index in [-0.39, 0.29) is 24.6 Å². The summed E-state index contributed by atoms with van der Waals surface area (Å²) in [6.07, 6.45) is 19.3. The Morgan fingerprint density at radius 1 is 0.871 bits per heavy atom. The molecule has 0 bridgehead atoms. The Bertz CT molecular complexity index is 523. The summed E-state index contributed by atoms with van der Waals surface area (Å²) in [7, 11) is -3.32. The van der Waals surface area contributed by atoms with Gasteiger partial charge in [0.2, 0.25) is 10.0 Å². The van der Waals surface area contributed by atoms with Gasteiger partial charge in [-0.2, -0.15) is 5.26 Å². The SMILES string of the molecule is CCCCCCCCCCCCCCCCOCC(CC#N)CNS(=O)(=O)CCCCl. The maximum Gasteiger partial charge on any atom is 0.211 e. The first kappa shape index (κ1) is 30.6. The van der Waals surface area contributed by atoms with E-state index >= 15 is 0 Å². The first-order chi connectivity index (χ1) is 15.1. The summed E-state index contributed by atoms with van der Waals surface area (Å²) in [5.74, 6) is 0.239. The fourth-order valence-corrected chi connectivity index (χ4v) is 4.98. The molecule has 0 aliphatic carbocycles. The number of hydrogen-bond acceptors (Lipinski definition) is 4. The van der Waals surface area contributed by atoms with Gasteiger partial charge in [0.15, 0.2) is 0 Å². The third-order valence-electron chi connectivity index (χ3n) is 5.51. The third kappa shape index (κ3) is 22.6. The van der Waals surface area contributed by atoms with Gasteiger partial charge in [0.25, 0.3) is 0 Å². The third-order valence-corrected chi connectivity index (χ3v) is 7.21. The Morgan fingerprint density at radius 3 is 1.87 bits per heavy atom. The van der Waals surface area contributed by atoms with Crippen LogP contribution in [0.15, 0.2) is 0 Å². The zero-order chi connectivity index (χ0) is 23.0. The number of halogens is 1. The highest BCUT2D eigenvalue weighted by Crippen LogP contribution is 2.13. The average molecular weight is 479 g/mol. The van der Waals surface area contributed by atoms with Crippen LogP contribution in [-0.2, 0) is 14.8 Å². The zero-order valence-corrected chi connectivity index (χ0v) is 21.5. The monoisotopic (exact) mass is 478 g/mol. The van der Waals surface area contributed by atoms with Crippen molar-refractivity contribution >= 4 is 21.6 Å². The van der Waals surface area contributed by atoms with Gasteiger partial charge in [0.1, 0.15) is 0 Å². The quantitative estimate of drug-likeness (QED) is 0.126. The van der Waals surface area contributed by atoms with Crippen LogP contribution in [0.3, 0.4) is 0 Å². The van der Waals surface area contributed by atoms with Crippen molar-refractivity contribution in [3.63, 3.8) is 0 Å². The lowest BCUT2D eigenvalue weighted by molar-refractivity contribution is 0.0984. The summed E-state index contributed by atoms with van der Waals surface area (Å²) < 4.78 is 31.9. The summed E-state index contributed by atoms with van der Waals surface area (Å²) in [6, 6.07) is 2.12. The Labute approximate surface area is 197 Å². The molecule has 7 heteroatoms. The molecule has 0 amide bonds. The lowest BCUT2D eigenvalue weighted by atomic mass is 10.0. The molecule has 0 aromatic rings. The van der Waals surface area contributed by atoms with E-state index in [1.807, 2.05) is 0 Å². The number of alkyl halides is 1. The number of ether oxygens (including phenoxy) is 1. The molecule has 0 fully saturated rings. The summed E-state index contributed by atoms with van der Waals surface area (Å²) >= 11 is 5.55. The largest absolute Gasteiger partial charge is 0.381 e. The van der Waals surface area contributed by atoms with E-state index in [1.165, 1.54) is 83.5 Å². The molecule has 5 nitrogen and oxygen atoms in total. The van der Waals surface area contributed by atoms with Crippen molar-refractivity contribution in [1.82, 2.24) is 4.72 Å². The molecule has 1 atom stereocenters. The van der Waals surface area contributed by atoms with E-state index in [0.29, 0.717) is 25.5 Å². The molecule has 0 heterocycles. The highest BCUT2D eigenvalue weighted by Gasteiger charge is 2.14. The van der Waals surface area contributed by atoms with Gasteiger partial charge >= 0.3 is 0 Å². The van der Waals surface area contributed by atoms with E-state index in [0.717, 1.165) is 6.42 Å². The van der Waals surface area contributed by atoms with E-state index in [1.54, 1.807) is 0 Å². The summed E-state index contributed by atoms with van der Waals surface area (Å²) in [5, 5.41) is 8.94. The lowest BCUT2D eigenvalue weighted by Gasteiger charge is -2.15. The Morgan fingerprint density at radius 2 is 1.39 bits per heavy atom. The Hall–Kier alpha value is -0.350. The van der Waals surface area contributed by atoms with Crippen LogP contribution < -0.4 is 4.72 Å². The Balaban J connectivity index is 3.53. The van der Waals surface area contributed by atoms with Crippen molar-refractivity contribution < 1.29 is 13.2 Å². The van der Waals surface area contributed by atoms with Gasteiger partial charge in [-0.15, -0.1) is 11.6 Å². The number of unbranched alkanes of at least 4 members (excludes halogenated alkanes) is 13. The van der Waals surface area contributed by atoms with Gasteiger partial charge in [0.05, 0.1) is 18.4 Å². The van der Waals surface area contributed by atoms with Crippen LogP contribution >= 0.6 is 11.6 Å². The van der Waals surface area contributed by atoms with Crippen LogP contribution in [0.1, 0.15) is 110 Å². The van der Waals surface area contributed by atoms with Gasteiger partial charge in [0, 0.05) is 31.4 Å². The molecule has 0 rings (SSSR count). The fraction of sp³-hybridized carbons (Fsp3) is 0.958. The topological polar surface area (TPSA) is 79.2 Å². The van der Waals surface area contributed by atoms with Gasteiger partial charge < -0.3 is 4.74 Å². The lowest BCUT2D eigenvalue weighted by Crippen LogP contribution is -2.33. The van der Waals surface area contributed by atoms with Crippen LogP contribution in [0.2, 0.25) is 0 Å². The van der Waals surface area contributed by atoms with E-state index in [2.05, 4.69) is 17.7 Å². The highest BCUT2D eigenvalue weighted by atomic mass is 35.5. The summed E-state index contributed by atoms with van der Waals surface area (Å²) in [5.41, 5.74) is 0. The summed E-state index contributed by atoms with van der Waals surface area (Å²) in [6.45, 7) is 3.61. The number of nitriles is 1. The maximum atomic E-state index is 11.8. The molecule has 0 aromatic carbocycles. The molecule has 1 unspecified atom stereocenters. The molecular weight excluding hydrogens is 432 g/mol. The smallest absolute Gasteiger partial charge is 0.211 e. The molecule has 1 N–H and O–H groups in total. The fourth-order valence-electron chi connectivity index (χ4n) is 3.53. The van der Waals surface area contributed by atoms with E-state index < -0.39 is 10.0 Å². The van der Waals surface area contributed by atoms with E-state index in [4.69, 9.17) is 21.6 Å².